The smallest absolute Gasteiger partial charge is 0.313 e. The number of aryl methyl sites for hydroxylation is 6. The van der Waals surface area contributed by atoms with Crippen LogP contribution < -0.4 is 80.5 Å². The molecule has 6 aromatic rings. The number of likely N-dealkylation sites (N-methyl/N-ethyl adjacent to an activating group) is 2. The molecule has 0 spiro atoms. The molecule has 0 aliphatic rings. The van der Waals surface area contributed by atoms with Crippen molar-refractivity contribution in [1.29, 1.82) is 0 Å². The molecule has 0 unspecified atom stereocenters. The molecule has 0 aromatic carbocycles. The number of amides is 4. The molecule has 576 valence electrons. The number of carboxylic acid groups (broad SMARTS) is 2. The summed E-state index contributed by atoms with van der Waals surface area (Å²) in [6.07, 6.45) is 13.1. The van der Waals surface area contributed by atoms with Gasteiger partial charge in [-0.05, 0) is 96.1 Å². The Morgan fingerprint density at radius 1 is 0.426 bits per heavy atom. The van der Waals surface area contributed by atoms with E-state index in [1.54, 1.807) is 131 Å². The summed E-state index contributed by atoms with van der Waals surface area (Å²) in [7, 11) is 46.7. The Labute approximate surface area is 641 Å². The third kappa shape index (κ3) is 24.3. The molecule has 0 saturated carbocycles. The van der Waals surface area contributed by atoms with E-state index in [1.165, 1.54) is 34.1 Å². The third-order valence-electron chi connectivity index (χ3n) is 18.2. The van der Waals surface area contributed by atoms with Crippen molar-refractivity contribution in [2.75, 3.05) is 52.7 Å². The first-order chi connectivity index (χ1) is 49.6. The summed E-state index contributed by atoms with van der Waals surface area (Å²) >= 11 is 0. The standard InChI is InChI=1S/C13H18BN3O3.C13H17BN2O2.C12H18BN3O2.C12H17BN2O.C11H15BN2O3.C10H15BN2O.CH5N.CH2O2/c1-7-9(13(2,3)11(19)15-4)10(18)8(6-17(7)5)16-12(14)20;1-6-13(3,4)10-8(2)16(5)7-9(11(10)17)15-12(14)18;1-7-9(12(2,3)11(18)14-4)10(17)8(15-13)6-16(7)5;1-6-12(3,4)10-8(2)15(5)7-9(14-13)11(10)16;1-6-8(11(2,3)10(16)17)9(15)7(13-12)5-14(6)4;1-6(2)9-7(3)13(4)5-8(12-11)10(9)14;1-2;2-1-3/h6H,1-5H3,(H,15,19)(H,16,20);6-7H,1H2,2-5H3,(H,15,18);6,15H,1-5H3,(H,14,18);6-7,14H,1H2,2-5H3;5,13H,1-4H3,(H,16,17);5-6,12H,1-4H3;2H2,1H3;1H,(H,2,3). The number of anilines is 6. The van der Waals surface area contributed by atoms with Crippen LogP contribution in [0.15, 0.2) is 91.3 Å². The predicted octanol–water partition coefficient (Wildman–Crippen LogP) is 5.28. The van der Waals surface area contributed by atoms with Crippen molar-refractivity contribution < 1.29 is 39.0 Å². The van der Waals surface area contributed by atoms with Crippen LogP contribution in [0.2, 0.25) is 0 Å². The second-order valence-corrected chi connectivity index (χ2v) is 27.7. The van der Waals surface area contributed by atoms with Gasteiger partial charge in [0.1, 0.15) is 11.4 Å². The Morgan fingerprint density at radius 3 is 0.852 bits per heavy atom. The van der Waals surface area contributed by atoms with Crippen molar-refractivity contribution >= 4 is 118 Å². The maximum Gasteiger partial charge on any atom is 0.313 e. The average molecular weight is 1480 g/mol. The number of carboxylic acids is 1. The number of allylic oxidation sites excluding steroid dienone is 2. The number of nitrogens with one attached hydrogen (secondary N) is 8. The molecule has 0 atom stereocenters. The molecule has 0 fully saturated rings. The number of aliphatic carboxylic acids is 1. The highest BCUT2D eigenvalue weighted by Crippen LogP contribution is 2.30. The van der Waals surface area contributed by atoms with Gasteiger partial charge in [0, 0.05) is 172 Å². The minimum Gasteiger partial charge on any atom is -0.483 e. The van der Waals surface area contributed by atoms with E-state index in [-0.39, 0.29) is 85.1 Å². The van der Waals surface area contributed by atoms with Crippen molar-refractivity contribution in [2.45, 2.75) is 158 Å². The highest BCUT2D eigenvalue weighted by molar-refractivity contribution is 6.60. The quantitative estimate of drug-likeness (QED) is 0.0314. The number of carbonyl (C=O) groups is 6. The molecule has 108 heavy (non-hydrogen) atoms. The lowest BCUT2D eigenvalue weighted by Gasteiger charge is -2.26. The summed E-state index contributed by atoms with van der Waals surface area (Å²) in [4.78, 5) is 139. The Morgan fingerprint density at radius 2 is 0.630 bits per heavy atom. The first-order valence-electron chi connectivity index (χ1n) is 33.4. The van der Waals surface area contributed by atoms with Crippen molar-refractivity contribution in [3.05, 3.63) is 191 Å². The van der Waals surface area contributed by atoms with Crippen LogP contribution in [0.5, 0.6) is 0 Å². The fraction of sp³-hybridized carbons (Fsp3) is 0.452. The maximum atomic E-state index is 12.5. The first kappa shape index (κ1) is 99.6. The van der Waals surface area contributed by atoms with Gasteiger partial charge in [-0.15, -0.1) is 13.2 Å². The Kier molecular flexibility index (Phi) is 38.9. The SMILES string of the molecule is CN.O=CO.[B]C(=O)Nc1cn(C)c(C)c(C(C)(C)C(=O)NC)c1=O.[B]C(=O)Nc1cn(C)c(C)c(C(C)(C)C=C)c1=O.[B]Nc1cn(C)c(C)c(C(C)(C)C(=O)NC)c1=O.[B]Nc1cn(C)c(C)c(C(C)(C)C(=O)O)c1=O.[B]Nc1cn(C)c(C)c(C(C)(C)C=C)c1=O.[B]Nc1cn(C)c(C)c(C(C)C)c1=O. The molecular formula is C73H107B6N15O14. The molecule has 6 aromatic heterocycles. The Bertz CT molecular complexity index is 4640. The number of carbonyl (C=O) groups excluding carboxylic acids is 4. The van der Waals surface area contributed by atoms with Gasteiger partial charge in [0.15, 0.2) is 11.6 Å². The van der Waals surface area contributed by atoms with Gasteiger partial charge in [-0.25, -0.2) is 0 Å². The van der Waals surface area contributed by atoms with Crippen LogP contribution >= 0.6 is 0 Å². The number of hydrogen-bond donors (Lipinski definition) is 11. The lowest BCUT2D eigenvalue weighted by Crippen LogP contribution is -2.43. The minimum atomic E-state index is -1.26. The Balaban J connectivity index is 0. The molecule has 6 heterocycles. The number of nitrogens with zero attached hydrogens (tertiary/aromatic N) is 6. The normalized spacial score (nSPS) is 10.8. The third-order valence-corrected chi connectivity index (χ3v) is 18.2. The van der Waals surface area contributed by atoms with Gasteiger partial charge in [-0.1, -0.05) is 53.7 Å². The van der Waals surface area contributed by atoms with Gasteiger partial charge in [0.25, 0.3) is 6.47 Å². The fourth-order valence-corrected chi connectivity index (χ4v) is 11.4. The van der Waals surface area contributed by atoms with Gasteiger partial charge in [0.2, 0.25) is 92.0 Å². The molecule has 12 N–H and O–H groups in total. The zero-order valence-corrected chi connectivity index (χ0v) is 67.7. The highest BCUT2D eigenvalue weighted by atomic mass is 16.4. The van der Waals surface area contributed by atoms with Crippen LogP contribution in [0, 0.1) is 41.5 Å². The minimum absolute atomic E-state index is 0.00176. The molecule has 0 saturated heterocycles. The van der Waals surface area contributed by atoms with E-state index in [0.29, 0.717) is 39.5 Å². The van der Waals surface area contributed by atoms with Crippen molar-refractivity contribution in [3.63, 3.8) is 0 Å². The van der Waals surface area contributed by atoms with Crippen molar-refractivity contribution in [2.24, 2.45) is 48.0 Å². The fourth-order valence-electron chi connectivity index (χ4n) is 11.4. The van der Waals surface area contributed by atoms with Gasteiger partial charge in [-0.2, -0.15) is 0 Å². The van der Waals surface area contributed by atoms with Crippen LogP contribution in [0.25, 0.3) is 0 Å². The number of pyridine rings is 6. The van der Waals surface area contributed by atoms with E-state index in [0.717, 1.165) is 33.9 Å². The topological polar surface area (TPSA) is 397 Å². The molecule has 0 bridgehead atoms. The molecule has 0 aliphatic carbocycles. The molecule has 0 aliphatic heterocycles. The van der Waals surface area contributed by atoms with Gasteiger partial charge in [0.05, 0.1) is 39.0 Å². The molecule has 6 rings (SSSR count). The zero-order valence-electron chi connectivity index (χ0n) is 67.7. The summed E-state index contributed by atoms with van der Waals surface area (Å²) < 4.78 is 10.7. The van der Waals surface area contributed by atoms with Crippen molar-refractivity contribution in [1.82, 2.24) is 38.0 Å². The number of aromatic nitrogens is 6. The van der Waals surface area contributed by atoms with Crippen molar-refractivity contribution in [3.8, 4) is 0 Å². The van der Waals surface area contributed by atoms with Crippen LogP contribution in [0.1, 0.15) is 157 Å². The Hall–Kier alpha value is -10.5. The average Bonchev–Trinajstić information content (AvgIpc) is 0.885. The van der Waals surface area contributed by atoms with E-state index >= 15 is 0 Å². The monoisotopic (exact) mass is 1480 g/mol. The van der Waals surface area contributed by atoms with Crippen LogP contribution in [0.3, 0.4) is 0 Å². The first-order valence-corrected chi connectivity index (χ1v) is 33.4. The summed E-state index contributed by atoms with van der Waals surface area (Å²) in [6, 6.07) is 0. The van der Waals surface area contributed by atoms with Crippen LogP contribution in [0.4, 0.5) is 43.7 Å². The highest BCUT2D eigenvalue weighted by Gasteiger charge is 2.37. The second-order valence-electron chi connectivity index (χ2n) is 27.7. The predicted molar refractivity (Wildman–Crippen MR) is 440 cm³/mol. The van der Waals surface area contributed by atoms with Gasteiger partial charge >= 0.3 is 5.97 Å². The lowest BCUT2D eigenvalue weighted by molar-refractivity contribution is -0.142. The number of hydrogen-bond acceptors (Lipinski definition) is 17. The van der Waals surface area contributed by atoms with E-state index in [4.69, 9.17) is 57.5 Å². The largest absolute Gasteiger partial charge is 0.483 e. The summed E-state index contributed by atoms with van der Waals surface area (Å²) in [5.41, 5.74) is 8.57. The van der Waals surface area contributed by atoms with Crippen LogP contribution in [-0.4, -0.2) is 142 Å². The number of rotatable bonds is 17. The lowest BCUT2D eigenvalue weighted by atomic mass is 9.82. The summed E-state index contributed by atoms with van der Waals surface area (Å²) in [5.74, 6) is -2.91. The van der Waals surface area contributed by atoms with Gasteiger partial charge < -0.3 is 85.5 Å². The van der Waals surface area contributed by atoms with Crippen LogP contribution in [-0.2, 0) is 88.5 Å². The van der Waals surface area contributed by atoms with Gasteiger partial charge in [-0.3, -0.25) is 57.5 Å². The summed E-state index contributed by atoms with van der Waals surface area (Å²) in [6.45, 7) is 39.7. The molecule has 29 nitrogen and oxygen atoms in total. The molecule has 12 radical (unpaired) electrons. The second kappa shape index (κ2) is 42.2. The zero-order chi connectivity index (χ0) is 85.3. The molecular weight excluding hydrogens is 1380 g/mol. The van der Waals surface area contributed by atoms with E-state index < -0.39 is 44.7 Å². The molecule has 35 heteroatoms. The number of nitrogens with two attached hydrogens (primary N) is 1. The summed E-state index contributed by atoms with van der Waals surface area (Å²) in [5, 5.41) is 35.3. The van der Waals surface area contributed by atoms with E-state index in [9.17, 15) is 57.8 Å². The molecule has 4 amide bonds. The van der Waals surface area contributed by atoms with E-state index in [1.807, 2.05) is 99.5 Å². The maximum absolute atomic E-state index is 12.5. The van der Waals surface area contributed by atoms with E-state index in [2.05, 4.69) is 61.1 Å².